The van der Waals surface area contributed by atoms with Gasteiger partial charge in [0.05, 0.1) is 13.0 Å². The number of hydrogen-bond donors (Lipinski definition) is 1. The lowest BCUT2D eigenvalue weighted by Gasteiger charge is -2.16. The smallest absolute Gasteiger partial charge is 0.227 e. The highest BCUT2D eigenvalue weighted by atomic mass is 35.5. The number of halogens is 1. The minimum Gasteiger partial charge on any atom is -0.497 e. The van der Waals surface area contributed by atoms with Crippen LogP contribution in [-0.2, 0) is 16.1 Å². The fourth-order valence-electron chi connectivity index (χ4n) is 2.83. The van der Waals surface area contributed by atoms with Gasteiger partial charge in [-0.15, -0.1) is 0 Å². The summed E-state index contributed by atoms with van der Waals surface area (Å²) in [6.45, 7) is 0.809. The lowest BCUT2D eigenvalue weighted by Crippen LogP contribution is -2.32. The third-order valence-corrected chi connectivity index (χ3v) is 4.51. The van der Waals surface area contributed by atoms with Crippen molar-refractivity contribution >= 4 is 29.1 Å². The average molecular weight is 359 g/mol. The lowest BCUT2D eigenvalue weighted by atomic mass is 10.1. The van der Waals surface area contributed by atoms with Crippen molar-refractivity contribution < 1.29 is 14.3 Å². The minimum atomic E-state index is -0.346. The van der Waals surface area contributed by atoms with Crippen molar-refractivity contribution in [3.63, 3.8) is 0 Å². The molecule has 0 saturated carbocycles. The summed E-state index contributed by atoms with van der Waals surface area (Å²) in [6.07, 6.45) is 0.219. The second-order valence-electron chi connectivity index (χ2n) is 5.95. The van der Waals surface area contributed by atoms with Crippen molar-refractivity contribution in [2.45, 2.75) is 13.0 Å². The van der Waals surface area contributed by atoms with E-state index in [1.54, 1.807) is 36.3 Å². The molecule has 3 rings (SSSR count). The summed E-state index contributed by atoms with van der Waals surface area (Å²) in [4.78, 5) is 26.2. The minimum absolute atomic E-state index is 0.0491. The highest BCUT2D eigenvalue weighted by molar-refractivity contribution is 6.30. The van der Waals surface area contributed by atoms with Gasteiger partial charge < -0.3 is 15.0 Å². The molecule has 1 saturated heterocycles. The van der Waals surface area contributed by atoms with Crippen LogP contribution >= 0.6 is 11.6 Å². The summed E-state index contributed by atoms with van der Waals surface area (Å²) in [5.41, 5.74) is 1.74. The fourth-order valence-corrected chi connectivity index (χ4v) is 2.96. The molecule has 2 amide bonds. The monoisotopic (exact) mass is 358 g/mol. The molecule has 1 heterocycles. The van der Waals surface area contributed by atoms with Crippen LogP contribution in [0.5, 0.6) is 5.75 Å². The Labute approximate surface area is 151 Å². The Morgan fingerprint density at radius 1 is 1.20 bits per heavy atom. The average Bonchev–Trinajstić information content (AvgIpc) is 3.02. The molecule has 1 aliphatic heterocycles. The van der Waals surface area contributed by atoms with Crippen molar-refractivity contribution in [2.75, 3.05) is 18.6 Å². The van der Waals surface area contributed by atoms with Crippen LogP contribution in [0.2, 0.25) is 5.02 Å². The maximum atomic E-state index is 12.4. The number of nitrogens with one attached hydrogen (secondary N) is 1. The molecule has 2 aromatic rings. The van der Waals surface area contributed by atoms with Gasteiger partial charge in [-0.05, 0) is 42.0 Å². The Balaban J connectivity index is 1.57. The molecule has 0 spiro atoms. The third-order valence-electron chi connectivity index (χ3n) is 4.26. The largest absolute Gasteiger partial charge is 0.497 e. The van der Waals surface area contributed by atoms with Crippen LogP contribution < -0.4 is 15.0 Å². The molecule has 0 aliphatic carbocycles. The number of methoxy groups -OCH3 is 1. The zero-order chi connectivity index (χ0) is 17.8. The van der Waals surface area contributed by atoms with Gasteiger partial charge in [0.2, 0.25) is 11.8 Å². The van der Waals surface area contributed by atoms with Gasteiger partial charge in [0.15, 0.2) is 0 Å². The summed E-state index contributed by atoms with van der Waals surface area (Å²) in [5, 5.41) is 3.52. The lowest BCUT2D eigenvalue weighted by molar-refractivity contribution is -0.126. The van der Waals surface area contributed by atoms with E-state index in [0.29, 0.717) is 18.1 Å². The number of amides is 2. The van der Waals surface area contributed by atoms with Crippen LogP contribution in [0.25, 0.3) is 0 Å². The highest BCUT2D eigenvalue weighted by Gasteiger charge is 2.34. The predicted molar refractivity (Wildman–Crippen MR) is 96.8 cm³/mol. The van der Waals surface area contributed by atoms with Gasteiger partial charge >= 0.3 is 0 Å². The van der Waals surface area contributed by atoms with E-state index in [0.717, 1.165) is 17.0 Å². The number of anilines is 1. The Bertz CT molecular complexity index is 759. The fraction of sp³-hybridized carbons (Fsp3) is 0.263. The molecule has 0 radical (unpaired) electrons. The van der Waals surface area contributed by atoms with Gasteiger partial charge in [-0.1, -0.05) is 23.7 Å². The van der Waals surface area contributed by atoms with E-state index < -0.39 is 0 Å². The number of rotatable bonds is 5. The van der Waals surface area contributed by atoms with E-state index in [-0.39, 0.29) is 24.2 Å². The number of carbonyl (C=O) groups is 2. The highest BCUT2D eigenvalue weighted by Crippen LogP contribution is 2.26. The molecule has 130 valence electrons. The van der Waals surface area contributed by atoms with Crippen LogP contribution in [-0.4, -0.2) is 25.5 Å². The van der Waals surface area contributed by atoms with E-state index in [1.807, 2.05) is 24.3 Å². The van der Waals surface area contributed by atoms with Crippen LogP contribution in [0, 0.1) is 5.92 Å². The first-order valence-corrected chi connectivity index (χ1v) is 8.41. The standard InChI is InChI=1S/C19H19ClN2O3/c1-25-17-8-2-13(3-9-17)11-21-19(24)14-10-18(23)22(12-14)16-6-4-15(20)5-7-16/h2-9,14H,10-12H2,1H3,(H,21,24)/t14-/m1/s1. The Morgan fingerprint density at radius 2 is 1.88 bits per heavy atom. The first-order valence-electron chi connectivity index (χ1n) is 8.03. The number of nitrogens with zero attached hydrogens (tertiary/aromatic N) is 1. The predicted octanol–water partition coefficient (Wildman–Crippen LogP) is 3.02. The Kier molecular flexibility index (Phi) is 5.24. The Hall–Kier alpha value is -2.53. The van der Waals surface area contributed by atoms with Gasteiger partial charge in [0, 0.05) is 30.2 Å². The quantitative estimate of drug-likeness (QED) is 0.893. The molecule has 1 atom stereocenters. The van der Waals surface area contributed by atoms with Crippen LogP contribution in [0.4, 0.5) is 5.69 Å². The van der Waals surface area contributed by atoms with Gasteiger partial charge in [-0.3, -0.25) is 9.59 Å². The molecule has 0 unspecified atom stereocenters. The first kappa shape index (κ1) is 17.3. The summed E-state index contributed by atoms with van der Waals surface area (Å²) in [7, 11) is 1.61. The number of carbonyl (C=O) groups excluding carboxylic acids is 2. The first-order chi connectivity index (χ1) is 12.1. The van der Waals surface area contributed by atoms with E-state index in [9.17, 15) is 9.59 Å². The number of ether oxygens (including phenoxy) is 1. The summed E-state index contributed by atoms with van der Waals surface area (Å²) >= 11 is 5.88. The summed E-state index contributed by atoms with van der Waals surface area (Å²) in [5.74, 6) is 0.268. The topological polar surface area (TPSA) is 58.6 Å². The van der Waals surface area contributed by atoms with Crippen LogP contribution in [0.3, 0.4) is 0 Å². The van der Waals surface area contributed by atoms with Gasteiger partial charge in [-0.25, -0.2) is 0 Å². The number of benzene rings is 2. The third kappa shape index (κ3) is 4.12. The number of hydrogen-bond acceptors (Lipinski definition) is 3. The summed E-state index contributed by atoms with van der Waals surface area (Å²) in [6, 6.07) is 14.6. The molecule has 1 aliphatic rings. The molecule has 0 bridgehead atoms. The molecule has 5 nitrogen and oxygen atoms in total. The molecule has 6 heteroatoms. The van der Waals surface area contributed by atoms with Crippen molar-refractivity contribution in [2.24, 2.45) is 5.92 Å². The van der Waals surface area contributed by atoms with Crippen LogP contribution in [0.15, 0.2) is 48.5 Å². The van der Waals surface area contributed by atoms with Crippen LogP contribution in [0.1, 0.15) is 12.0 Å². The van der Waals surface area contributed by atoms with Gasteiger partial charge in [-0.2, -0.15) is 0 Å². The van der Waals surface area contributed by atoms with Gasteiger partial charge in [0.1, 0.15) is 5.75 Å². The Morgan fingerprint density at radius 3 is 2.52 bits per heavy atom. The van der Waals surface area contributed by atoms with Gasteiger partial charge in [0.25, 0.3) is 0 Å². The molecular formula is C19H19ClN2O3. The molecule has 1 fully saturated rings. The molecule has 1 N–H and O–H groups in total. The molecule has 25 heavy (non-hydrogen) atoms. The maximum absolute atomic E-state index is 12.4. The van der Waals surface area contributed by atoms with Crippen molar-refractivity contribution in [3.05, 3.63) is 59.1 Å². The maximum Gasteiger partial charge on any atom is 0.227 e. The molecular weight excluding hydrogens is 340 g/mol. The SMILES string of the molecule is COc1ccc(CNC(=O)[C@@H]2CC(=O)N(c3ccc(Cl)cc3)C2)cc1. The summed E-state index contributed by atoms with van der Waals surface area (Å²) < 4.78 is 5.11. The zero-order valence-electron chi connectivity index (χ0n) is 13.9. The molecule has 0 aromatic heterocycles. The van der Waals surface area contributed by atoms with E-state index in [4.69, 9.17) is 16.3 Å². The van der Waals surface area contributed by atoms with E-state index >= 15 is 0 Å². The normalized spacial score (nSPS) is 16.8. The van der Waals surface area contributed by atoms with Crippen molar-refractivity contribution in [3.8, 4) is 5.75 Å². The second kappa shape index (κ2) is 7.57. The second-order valence-corrected chi connectivity index (χ2v) is 6.38. The van der Waals surface area contributed by atoms with E-state index in [1.165, 1.54) is 0 Å². The molecule has 2 aromatic carbocycles. The zero-order valence-corrected chi connectivity index (χ0v) is 14.6. The van der Waals surface area contributed by atoms with E-state index in [2.05, 4.69) is 5.32 Å². The van der Waals surface area contributed by atoms with Crippen molar-refractivity contribution in [1.82, 2.24) is 5.32 Å². The van der Waals surface area contributed by atoms with Crippen molar-refractivity contribution in [1.29, 1.82) is 0 Å².